The van der Waals surface area contributed by atoms with Gasteiger partial charge in [0, 0.05) is 35.8 Å². The van der Waals surface area contributed by atoms with Gasteiger partial charge in [-0.25, -0.2) is 4.98 Å². The zero-order valence-electron chi connectivity index (χ0n) is 10.1. The highest BCUT2D eigenvalue weighted by Gasteiger charge is 2.31. The van der Waals surface area contributed by atoms with Gasteiger partial charge < -0.3 is 4.90 Å². The van der Waals surface area contributed by atoms with Crippen LogP contribution in [0.15, 0.2) is 22.8 Å². The average Bonchev–Trinajstić information content (AvgIpc) is 2.23. The SMILES string of the molecule is CN1CCN(c2ccc(Br)cn2)CC1(C)C. The van der Waals surface area contributed by atoms with Crippen molar-refractivity contribution in [2.24, 2.45) is 0 Å². The van der Waals surface area contributed by atoms with Crippen LogP contribution in [0, 0.1) is 0 Å². The molecule has 0 N–H and O–H groups in total. The molecule has 16 heavy (non-hydrogen) atoms. The Kier molecular flexibility index (Phi) is 3.22. The fourth-order valence-corrected chi connectivity index (χ4v) is 2.23. The number of anilines is 1. The van der Waals surface area contributed by atoms with E-state index in [1.54, 1.807) is 0 Å². The maximum atomic E-state index is 4.45. The molecule has 1 aromatic rings. The van der Waals surface area contributed by atoms with Crippen LogP contribution >= 0.6 is 15.9 Å². The molecule has 2 rings (SSSR count). The topological polar surface area (TPSA) is 19.4 Å². The van der Waals surface area contributed by atoms with E-state index in [9.17, 15) is 0 Å². The molecule has 1 aliphatic rings. The third kappa shape index (κ3) is 2.38. The first-order valence-corrected chi connectivity index (χ1v) is 6.36. The summed E-state index contributed by atoms with van der Waals surface area (Å²) in [5, 5.41) is 0. The minimum absolute atomic E-state index is 0.215. The molecule has 1 fully saturated rings. The predicted molar refractivity (Wildman–Crippen MR) is 70.9 cm³/mol. The van der Waals surface area contributed by atoms with Crippen LogP contribution in [0.25, 0.3) is 0 Å². The Morgan fingerprint density at radius 1 is 1.31 bits per heavy atom. The van der Waals surface area contributed by atoms with Crippen molar-refractivity contribution < 1.29 is 0 Å². The smallest absolute Gasteiger partial charge is 0.128 e. The molecule has 0 unspecified atom stereocenters. The largest absolute Gasteiger partial charge is 0.354 e. The number of piperazine rings is 1. The van der Waals surface area contributed by atoms with E-state index in [-0.39, 0.29) is 5.54 Å². The van der Waals surface area contributed by atoms with Gasteiger partial charge in [-0.1, -0.05) is 0 Å². The summed E-state index contributed by atoms with van der Waals surface area (Å²) in [6, 6.07) is 4.12. The molecule has 2 heterocycles. The van der Waals surface area contributed by atoms with Crippen molar-refractivity contribution in [2.45, 2.75) is 19.4 Å². The quantitative estimate of drug-likeness (QED) is 0.789. The third-order valence-corrected chi connectivity index (χ3v) is 3.82. The summed E-state index contributed by atoms with van der Waals surface area (Å²) in [6.45, 7) is 7.72. The average molecular weight is 284 g/mol. The van der Waals surface area contributed by atoms with E-state index in [4.69, 9.17) is 0 Å². The second-order valence-corrected chi connectivity index (χ2v) is 5.91. The summed E-state index contributed by atoms with van der Waals surface area (Å²) in [6.07, 6.45) is 1.86. The summed E-state index contributed by atoms with van der Waals surface area (Å²) < 4.78 is 1.03. The summed E-state index contributed by atoms with van der Waals surface area (Å²) >= 11 is 3.41. The lowest BCUT2D eigenvalue weighted by atomic mass is 10.00. The number of aromatic nitrogens is 1. The van der Waals surface area contributed by atoms with Gasteiger partial charge in [0.2, 0.25) is 0 Å². The minimum atomic E-state index is 0.215. The summed E-state index contributed by atoms with van der Waals surface area (Å²) in [4.78, 5) is 9.21. The number of halogens is 1. The van der Waals surface area contributed by atoms with E-state index < -0.39 is 0 Å². The van der Waals surface area contributed by atoms with Gasteiger partial charge in [0.1, 0.15) is 5.82 Å². The number of likely N-dealkylation sites (N-methyl/N-ethyl adjacent to an activating group) is 1. The van der Waals surface area contributed by atoms with Gasteiger partial charge in [-0.15, -0.1) is 0 Å². The van der Waals surface area contributed by atoms with Crippen molar-refractivity contribution in [2.75, 3.05) is 31.6 Å². The van der Waals surface area contributed by atoms with E-state index in [0.717, 1.165) is 29.9 Å². The van der Waals surface area contributed by atoms with Gasteiger partial charge in [0.05, 0.1) is 0 Å². The van der Waals surface area contributed by atoms with Gasteiger partial charge >= 0.3 is 0 Å². The molecule has 1 aliphatic heterocycles. The molecular weight excluding hydrogens is 266 g/mol. The van der Waals surface area contributed by atoms with Crippen molar-refractivity contribution in [1.82, 2.24) is 9.88 Å². The lowest BCUT2D eigenvalue weighted by Crippen LogP contribution is -2.57. The first kappa shape index (κ1) is 11.9. The van der Waals surface area contributed by atoms with Crippen LogP contribution in [-0.2, 0) is 0 Å². The van der Waals surface area contributed by atoms with Crippen molar-refractivity contribution in [3.05, 3.63) is 22.8 Å². The molecule has 0 atom stereocenters. The van der Waals surface area contributed by atoms with E-state index in [2.05, 4.69) is 57.7 Å². The monoisotopic (exact) mass is 283 g/mol. The molecule has 0 spiro atoms. The van der Waals surface area contributed by atoms with Gasteiger partial charge in [0.25, 0.3) is 0 Å². The normalized spacial score (nSPS) is 21.1. The highest BCUT2D eigenvalue weighted by molar-refractivity contribution is 9.10. The first-order valence-electron chi connectivity index (χ1n) is 5.57. The van der Waals surface area contributed by atoms with Crippen LogP contribution < -0.4 is 4.90 Å². The number of pyridine rings is 1. The van der Waals surface area contributed by atoms with E-state index in [1.165, 1.54) is 0 Å². The standard InChI is InChI=1S/C12H18BrN3/c1-12(2)9-16(7-6-15(12)3)11-5-4-10(13)8-14-11/h4-5,8H,6-7,9H2,1-3H3. The van der Waals surface area contributed by atoms with Crippen LogP contribution in [0.1, 0.15) is 13.8 Å². The van der Waals surface area contributed by atoms with Gasteiger partial charge in [-0.2, -0.15) is 0 Å². The first-order chi connectivity index (χ1) is 7.49. The van der Waals surface area contributed by atoms with Crippen molar-refractivity contribution in [1.29, 1.82) is 0 Å². The summed E-state index contributed by atoms with van der Waals surface area (Å²) in [7, 11) is 2.19. The van der Waals surface area contributed by atoms with E-state index in [0.29, 0.717) is 0 Å². The molecule has 88 valence electrons. The molecule has 4 heteroatoms. The zero-order chi connectivity index (χ0) is 11.8. The number of hydrogen-bond donors (Lipinski definition) is 0. The van der Waals surface area contributed by atoms with Crippen LogP contribution in [0.3, 0.4) is 0 Å². The minimum Gasteiger partial charge on any atom is -0.354 e. The molecule has 0 aliphatic carbocycles. The highest BCUT2D eigenvalue weighted by Crippen LogP contribution is 2.23. The lowest BCUT2D eigenvalue weighted by molar-refractivity contribution is 0.138. The number of nitrogens with zero attached hydrogens (tertiary/aromatic N) is 3. The van der Waals surface area contributed by atoms with Crippen LogP contribution in [-0.4, -0.2) is 42.1 Å². The second kappa shape index (κ2) is 4.34. The molecule has 0 saturated carbocycles. The molecule has 1 saturated heterocycles. The Labute approximate surface area is 106 Å². The Morgan fingerprint density at radius 3 is 2.62 bits per heavy atom. The third-order valence-electron chi connectivity index (χ3n) is 3.35. The number of rotatable bonds is 1. The molecule has 0 radical (unpaired) electrons. The fourth-order valence-electron chi connectivity index (χ4n) is 1.99. The highest BCUT2D eigenvalue weighted by atomic mass is 79.9. The summed E-state index contributed by atoms with van der Waals surface area (Å²) in [5.74, 6) is 1.07. The molecule has 1 aromatic heterocycles. The van der Waals surface area contributed by atoms with Crippen molar-refractivity contribution in [3.8, 4) is 0 Å². The van der Waals surface area contributed by atoms with Crippen LogP contribution in [0.4, 0.5) is 5.82 Å². The Balaban J connectivity index is 2.14. The molecule has 0 bridgehead atoms. The van der Waals surface area contributed by atoms with Crippen LogP contribution in [0.2, 0.25) is 0 Å². The Bertz CT molecular complexity index is 361. The lowest BCUT2D eigenvalue weighted by Gasteiger charge is -2.45. The Hall–Kier alpha value is -0.610. The van der Waals surface area contributed by atoms with E-state index >= 15 is 0 Å². The van der Waals surface area contributed by atoms with Gasteiger partial charge in [-0.3, -0.25) is 4.90 Å². The maximum absolute atomic E-state index is 4.45. The zero-order valence-corrected chi connectivity index (χ0v) is 11.7. The molecule has 0 amide bonds. The summed E-state index contributed by atoms with van der Waals surface area (Å²) in [5.41, 5.74) is 0.215. The van der Waals surface area contributed by atoms with Crippen molar-refractivity contribution >= 4 is 21.7 Å². The number of hydrogen-bond acceptors (Lipinski definition) is 3. The maximum Gasteiger partial charge on any atom is 0.128 e. The van der Waals surface area contributed by atoms with Gasteiger partial charge in [-0.05, 0) is 49.0 Å². The van der Waals surface area contributed by atoms with Crippen molar-refractivity contribution in [3.63, 3.8) is 0 Å². The predicted octanol–water partition coefficient (Wildman–Crippen LogP) is 2.37. The fraction of sp³-hybridized carbons (Fsp3) is 0.583. The Morgan fingerprint density at radius 2 is 2.06 bits per heavy atom. The second-order valence-electron chi connectivity index (χ2n) is 4.99. The van der Waals surface area contributed by atoms with Crippen LogP contribution in [0.5, 0.6) is 0 Å². The molecule has 3 nitrogen and oxygen atoms in total. The van der Waals surface area contributed by atoms with Gasteiger partial charge in [0.15, 0.2) is 0 Å². The van der Waals surface area contributed by atoms with E-state index in [1.807, 2.05) is 12.3 Å². The molecular formula is C12H18BrN3. The molecule has 0 aromatic carbocycles.